The predicted molar refractivity (Wildman–Crippen MR) is 70.3 cm³/mol. The maximum Gasteiger partial charge on any atom is 0.231 e. The Labute approximate surface area is 109 Å². The molecule has 18 heavy (non-hydrogen) atoms. The van der Waals surface area contributed by atoms with E-state index in [0.29, 0.717) is 13.2 Å². The summed E-state index contributed by atoms with van der Waals surface area (Å²) >= 11 is 0. The van der Waals surface area contributed by atoms with Crippen molar-refractivity contribution in [2.24, 2.45) is 5.41 Å². The highest BCUT2D eigenvalue weighted by Crippen LogP contribution is 2.32. The zero-order valence-electron chi connectivity index (χ0n) is 11.7. The third kappa shape index (κ3) is 3.43. The summed E-state index contributed by atoms with van der Waals surface area (Å²) in [6, 6.07) is 0.105. The molecule has 2 N–H and O–H groups in total. The normalized spacial score (nSPS) is 18.9. The Morgan fingerprint density at radius 3 is 2.50 bits per heavy atom. The van der Waals surface area contributed by atoms with E-state index in [1.165, 1.54) is 0 Å². The Morgan fingerprint density at radius 2 is 2.06 bits per heavy atom. The molecule has 1 saturated heterocycles. The zero-order chi connectivity index (χ0) is 13.6. The van der Waals surface area contributed by atoms with Crippen molar-refractivity contribution >= 4 is 5.91 Å². The summed E-state index contributed by atoms with van der Waals surface area (Å²) in [5.74, 6) is 0.120. The van der Waals surface area contributed by atoms with E-state index in [-0.39, 0.29) is 18.6 Å². The van der Waals surface area contributed by atoms with E-state index in [9.17, 15) is 4.79 Å². The lowest BCUT2D eigenvalue weighted by atomic mass is 9.78. The van der Waals surface area contributed by atoms with Gasteiger partial charge in [0.2, 0.25) is 5.91 Å². The number of ether oxygens (including phenoxy) is 1. The Bertz CT molecular complexity index is 257. The van der Waals surface area contributed by atoms with E-state index in [4.69, 9.17) is 9.84 Å². The van der Waals surface area contributed by atoms with E-state index in [0.717, 1.165) is 25.9 Å². The van der Waals surface area contributed by atoms with E-state index >= 15 is 0 Å². The molecular weight excluding hydrogens is 232 g/mol. The smallest absolute Gasteiger partial charge is 0.231 e. The van der Waals surface area contributed by atoms with Crippen molar-refractivity contribution in [2.75, 3.05) is 40.0 Å². The first-order valence-corrected chi connectivity index (χ1v) is 6.69. The minimum Gasteiger partial charge on any atom is -0.395 e. The molecule has 0 atom stereocenters. The number of hydrogen-bond acceptors (Lipinski definition) is 4. The van der Waals surface area contributed by atoms with Crippen molar-refractivity contribution in [3.63, 3.8) is 0 Å². The first-order chi connectivity index (χ1) is 8.57. The van der Waals surface area contributed by atoms with E-state index in [1.54, 1.807) is 12.0 Å². The molecule has 0 aliphatic carbocycles. The molecule has 0 aromatic carbocycles. The monoisotopic (exact) mass is 258 g/mol. The molecule has 5 nitrogen and oxygen atoms in total. The van der Waals surface area contributed by atoms with Crippen molar-refractivity contribution in [2.45, 2.75) is 32.7 Å². The lowest BCUT2D eigenvalue weighted by molar-refractivity contribution is -0.150. The van der Waals surface area contributed by atoms with Crippen LogP contribution in [0.4, 0.5) is 0 Å². The van der Waals surface area contributed by atoms with Crippen molar-refractivity contribution < 1.29 is 14.6 Å². The van der Waals surface area contributed by atoms with Gasteiger partial charge in [-0.1, -0.05) is 0 Å². The Morgan fingerprint density at radius 1 is 1.44 bits per heavy atom. The first-order valence-electron chi connectivity index (χ1n) is 6.69. The standard InChI is InChI=1S/C13H26N2O3/c1-11(2)15(8-9-16)12(17)13(10-18-3)4-6-14-7-5-13/h11,14,16H,4-10H2,1-3H3. The van der Waals surface area contributed by atoms with Gasteiger partial charge in [0.05, 0.1) is 18.6 Å². The van der Waals surface area contributed by atoms with Gasteiger partial charge in [-0.3, -0.25) is 4.79 Å². The molecule has 1 heterocycles. The van der Waals surface area contributed by atoms with Crippen molar-refractivity contribution in [3.8, 4) is 0 Å². The van der Waals surface area contributed by atoms with Gasteiger partial charge in [0.25, 0.3) is 0 Å². The summed E-state index contributed by atoms with van der Waals surface area (Å²) in [5, 5.41) is 12.4. The van der Waals surface area contributed by atoms with Crippen LogP contribution in [-0.2, 0) is 9.53 Å². The Hall–Kier alpha value is -0.650. The van der Waals surface area contributed by atoms with Crippen LogP contribution in [-0.4, -0.2) is 61.9 Å². The fourth-order valence-electron chi connectivity index (χ4n) is 2.61. The van der Waals surface area contributed by atoms with Crippen LogP contribution in [0.25, 0.3) is 0 Å². The topological polar surface area (TPSA) is 61.8 Å². The molecule has 1 amide bonds. The van der Waals surface area contributed by atoms with Crippen LogP contribution < -0.4 is 5.32 Å². The van der Waals surface area contributed by atoms with Crippen molar-refractivity contribution in [1.29, 1.82) is 0 Å². The molecule has 0 aromatic rings. The second-order valence-electron chi connectivity index (χ2n) is 5.28. The van der Waals surface area contributed by atoms with Gasteiger partial charge in [-0.25, -0.2) is 0 Å². The highest BCUT2D eigenvalue weighted by molar-refractivity contribution is 5.83. The molecular formula is C13H26N2O3. The van der Waals surface area contributed by atoms with Crippen LogP contribution in [0.2, 0.25) is 0 Å². The number of carbonyl (C=O) groups is 1. The summed E-state index contributed by atoms with van der Waals surface area (Å²) < 4.78 is 5.28. The minimum atomic E-state index is -0.417. The number of rotatable bonds is 6. The molecule has 1 rings (SSSR count). The van der Waals surface area contributed by atoms with E-state index < -0.39 is 5.41 Å². The number of hydrogen-bond donors (Lipinski definition) is 2. The molecule has 0 unspecified atom stereocenters. The first kappa shape index (κ1) is 15.4. The molecule has 5 heteroatoms. The number of piperidine rings is 1. The molecule has 0 radical (unpaired) electrons. The summed E-state index contributed by atoms with van der Waals surface area (Å²) in [5.41, 5.74) is -0.417. The Balaban J connectivity index is 2.85. The van der Waals surface area contributed by atoms with Crippen LogP contribution in [0, 0.1) is 5.41 Å². The van der Waals surface area contributed by atoms with E-state index in [1.807, 2.05) is 13.8 Å². The second kappa shape index (κ2) is 7.07. The summed E-state index contributed by atoms with van der Waals surface area (Å²) in [4.78, 5) is 14.5. The molecule has 0 saturated carbocycles. The van der Waals surface area contributed by atoms with Crippen LogP contribution in [0.1, 0.15) is 26.7 Å². The largest absolute Gasteiger partial charge is 0.395 e. The average Bonchev–Trinajstić information content (AvgIpc) is 2.36. The van der Waals surface area contributed by atoms with E-state index in [2.05, 4.69) is 5.32 Å². The van der Waals surface area contributed by atoms with Crippen molar-refractivity contribution in [1.82, 2.24) is 10.2 Å². The van der Waals surface area contributed by atoms with Gasteiger partial charge in [-0.05, 0) is 39.8 Å². The maximum atomic E-state index is 12.7. The van der Waals surface area contributed by atoms with Gasteiger partial charge in [0.1, 0.15) is 0 Å². The minimum absolute atomic E-state index is 0.00519. The van der Waals surface area contributed by atoms with Gasteiger partial charge in [0.15, 0.2) is 0 Å². The summed E-state index contributed by atoms with van der Waals surface area (Å²) in [6.45, 7) is 6.52. The van der Waals surface area contributed by atoms with Crippen LogP contribution >= 0.6 is 0 Å². The number of nitrogens with one attached hydrogen (secondary N) is 1. The fourth-order valence-corrected chi connectivity index (χ4v) is 2.61. The third-order valence-corrected chi connectivity index (χ3v) is 3.66. The fraction of sp³-hybridized carbons (Fsp3) is 0.923. The SMILES string of the molecule is COCC1(C(=O)N(CCO)C(C)C)CCNCC1. The molecule has 1 aliphatic rings. The van der Waals surface area contributed by atoms with Crippen LogP contribution in [0.15, 0.2) is 0 Å². The van der Waals surface area contributed by atoms with Gasteiger partial charge < -0.3 is 20.1 Å². The number of amides is 1. The third-order valence-electron chi connectivity index (χ3n) is 3.66. The second-order valence-corrected chi connectivity index (χ2v) is 5.28. The molecule has 106 valence electrons. The molecule has 1 aliphatic heterocycles. The van der Waals surface area contributed by atoms with Crippen molar-refractivity contribution in [3.05, 3.63) is 0 Å². The lowest BCUT2D eigenvalue weighted by Crippen LogP contribution is -2.54. The number of nitrogens with zero attached hydrogens (tertiary/aromatic N) is 1. The van der Waals surface area contributed by atoms with Gasteiger partial charge >= 0.3 is 0 Å². The zero-order valence-corrected chi connectivity index (χ0v) is 11.7. The highest BCUT2D eigenvalue weighted by atomic mass is 16.5. The van der Waals surface area contributed by atoms with Crippen LogP contribution in [0.3, 0.4) is 0 Å². The lowest BCUT2D eigenvalue weighted by Gasteiger charge is -2.41. The molecule has 1 fully saturated rings. The average molecular weight is 258 g/mol. The number of methoxy groups -OCH3 is 1. The predicted octanol–water partition coefficient (Wildman–Crippen LogP) is 0.232. The van der Waals surface area contributed by atoms with Gasteiger partial charge in [-0.2, -0.15) is 0 Å². The summed E-state index contributed by atoms with van der Waals surface area (Å²) in [7, 11) is 1.64. The number of carbonyl (C=O) groups excluding carboxylic acids is 1. The number of aliphatic hydroxyl groups is 1. The molecule has 0 spiro atoms. The molecule has 0 bridgehead atoms. The Kier molecular flexibility index (Phi) is 6.05. The maximum absolute atomic E-state index is 12.7. The van der Waals surface area contributed by atoms with Gasteiger partial charge in [-0.15, -0.1) is 0 Å². The van der Waals surface area contributed by atoms with Crippen LogP contribution in [0.5, 0.6) is 0 Å². The number of aliphatic hydroxyl groups excluding tert-OH is 1. The summed E-state index contributed by atoms with van der Waals surface area (Å²) in [6.07, 6.45) is 1.60. The quantitative estimate of drug-likeness (QED) is 0.716. The highest BCUT2D eigenvalue weighted by Gasteiger charge is 2.42. The van der Waals surface area contributed by atoms with Gasteiger partial charge in [0, 0.05) is 19.7 Å². The molecule has 0 aromatic heterocycles.